The van der Waals surface area contributed by atoms with Crippen molar-refractivity contribution in [2.75, 3.05) is 7.11 Å². The number of methoxy groups -OCH3 is 1. The molecule has 0 aromatic rings. The van der Waals surface area contributed by atoms with Gasteiger partial charge in [-0.2, -0.15) is 13.2 Å². The molecule has 0 heterocycles. The smallest absolute Gasteiger partial charge is 0.372 e. The van der Waals surface area contributed by atoms with E-state index in [0.717, 1.165) is 7.11 Å². The number of halogens is 3. The first-order valence-electron chi connectivity index (χ1n) is 3.47. The van der Waals surface area contributed by atoms with Crippen LogP contribution in [0.2, 0.25) is 0 Å². The van der Waals surface area contributed by atoms with Crippen LogP contribution in [-0.2, 0) is 4.74 Å². The third-order valence-corrected chi connectivity index (χ3v) is 1.34. The third kappa shape index (κ3) is 5.41. The predicted molar refractivity (Wildman–Crippen MR) is 43.0 cm³/mol. The molecule has 0 bridgehead atoms. The van der Waals surface area contributed by atoms with E-state index in [4.69, 9.17) is 0 Å². The zero-order valence-electron chi connectivity index (χ0n) is 6.90. The van der Waals surface area contributed by atoms with E-state index in [9.17, 15) is 13.2 Å². The van der Waals surface area contributed by atoms with Crippen LogP contribution in [0.5, 0.6) is 0 Å². The van der Waals surface area contributed by atoms with Crippen LogP contribution in [0.25, 0.3) is 0 Å². The van der Waals surface area contributed by atoms with E-state index in [0.29, 0.717) is 0 Å². The molecule has 76 valence electrons. The summed E-state index contributed by atoms with van der Waals surface area (Å²) in [5, 5.41) is 0. The van der Waals surface area contributed by atoms with E-state index >= 15 is 0 Å². The summed E-state index contributed by atoms with van der Waals surface area (Å²) >= 11 is 0. The molecule has 0 aromatic heterocycles. The summed E-state index contributed by atoms with van der Waals surface area (Å²) in [5.74, 6) is 0.00146. The Morgan fingerprint density at radius 2 is 1.67 bits per heavy atom. The first-order valence-corrected chi connectivity index (χ1v) is 3.47. The molecular weight excluding hydrogens is 169 g/mol. The van der Waals surface area contributed by atoms with Gasteiger partial charge in [-0.15, -0.1) is 0 Å². The van der Waals surface area contributed by atoms with Crippen molar-refractivity contribution in [3.05, 3.63) is 0 Å². The van der Waals surface area contributed by atoms with Crippen molar-refractivity contribution in [3.63, 3.8) is 0 Å². The van der Waals surface area contributed by atoms with E-state index in [1.54, 1.807) is 13.8 Å². The lowest BCUT2D eigenvalue weighted by Crippen LogP contribution is -2.31. The minimum absolute atomic E-state index is 0. The normalized spacial score (nSPS) is 14.2. The lowest BCUT2D eigenvalue weighted by atomic mass is 10.1. The molecule has 0 saturated carbocycles. The summed E-state index contributed by atoms with van der Waals surface area (Å²) in [7, 11) is 1.08. The van der Waals surface area contributed by atoms with Crippen LogP contribution in [0, 0.1) is 5.92 Å². The summed E-state index contributed by atoms with van der Waals surface area (Å²) in [5.41, 5.74) is 0. The fraction of sp³-hybridized carbons (Fsp3) is 1.00. The molecule has 0 aliphatic rings. The molecule has 0 fully saturated rings. The van der Waals surface area contributed by atoms with E-state index in [-0.39, 0.29) is 19.8 Å². The maximum Gasteiger partial charge on any atom is 0.414 e. The van der Waals surface area contributed by atoms with Crippen LogP contribution < -0.4 is 0 Å². The van der Waals surface area contributed by atoms with Crippen molar-refractivity contribution in [2.24, 2.45) is 5.92 Å². The molecule has 12 heavy (non-hydrogen) atoms. The molecule has 0 spiro atoms. The molecule has 0 aliphatic carbocycles. The lowest BCUT2D eigenvalue weighted by Gasteiger charge is -2.19. The van der Waals surface area contributed by atoms with Gasteiger partial charge >= 0.3 is 6.18 Å². The van der Waals surface area contributed by atoms with Gasteiger partial charge in [0.1, 0.15) is 0 Å². The standard InChI is InChI=1S/C7H13F3O.CH4/c1-5(2)4-6(11-3)7(8,9)10;/h5-6H,4H2,1-3H3;1H4. The van der Waals surface area contributed by atoms with Crippen molar-refractivity contribution in [2.45, 2.75) is 40.0 Å². The number of hydrogen-bond acceptors (Lipinski definition) is 1. The summed E-state index contributed by atoms with van der Waals surface area (Å²) in [6.07, 6.45) is -5.80. The molecule has 1 nitrogen and oxygen atoms in total. The van der Waals surface area contributed by atoms with E-state index in [2.05, 4.69) is 4.74 Å². The molecule has 4 heteroatoms. The first kappa shape index (κ1) is 14.3. The zero-order valence-corrected chi connectivity index (χ0v) is 6.90. The van der Waals surface area contributed by atoms with Crippen molar-refractivity contribution < 1.29 is 17.9 Å². The summed E-state index contributed by atoms with van der Waals surface area (Å²) in [6, 6.07) is 0. The molecule has 0 amide bonds. The van der Waals surface area contributed by atoms with Crippen molar-refractivity contribution >= 4 is 0 Å². The van der Waals surface area contributed by atoms with E-state index in [1.165, 1.54) is 0 Å². The topological polar surface area (TPSA) is 9.23 Å². The summed E-state index contributed by atoms with van der Waals surface area (Å²) in [6.45, 7) is 3.47. The number of hydrogen-bond donors (Lipinski definition) is 0. The van der Waals surface area contributed by atoms with Crippen LogP contribution in [0.3, 0.4) is 0 Å². The van der Waals surface area contributed by atoms with Gasteiger partial charge in [0.2, 0.25) is 0 Å². The van der Waals surface area contributed by atoms with Gasteiger partial charge in [0.05, 0.1) is 0 Å². The van der Waals surface area contributed by atoms with Crippen molar-refractivity contribution in [1.82, 2.24) is 0 Å². The number of alkyl halides is 3. The van der Waals surface area contributed by atoms with Gasteiger partial charge in [-0.1, -0.05) is 21.3 Å². The van der Waals surface area contributed by atoms with E-state index < -0.39 is 12.3 Å². The van der Waals surface area contributed by atoms with Gasteiger partial charge in [-0.3, -0.25) is 0 Å². The molecule has 1 unspecified atom stereocenters. The maximum atomic E-state index is 12.0. The monoisotopic (exact) mass is 186 g/mol. The van der Waals surface area contributed by atoms with E-state index in [1.807, 2.05) is 0 Å². The minimum atomic E-state index is -4.22. The second-order valence-corrected chi connectivity index (χ2v) is 2.90. The maximum absolute atomic E-state index is 12.0. The molecule has 0 aliphatic heterocycles. The number of ether oxygens (including phenoxy) is 1. The quantitative estimate of drug-likeness (QED) is 0.657. The van der Waals surface area contributed by atoms with Crippen LogP contribution in [0.4, 0.5) is 13.2 Å². The van der Waals surface area contributed by atoms with Gasteiger partial charge in [-0.05, 0) is 12.3 Å². The lowest BCUT2D eigenvalue weighted by molar-refractivity contribution is -0.216. The molecule has 0 rings (SSSR count). The molecule has 1 atom stereocenters. The Bertz CT molecular complexity index is 109. The fourth-order valence-electron chi connectivity index (χ4n) is 0.792. The van der Waals surface area contributed by atoms with Crippen LogP contribution in [0.1, 0.15) is 27.7 Å². The van der Waals surface area contributed by atoms with Gasteiger partial charge < -0.3 is 4.74 Å². The highest BCUT2D eigenvalue weighted by atomic mass is 19.4. The predicted octanol–water partition coefficient (Wildman–Crippen LogP) is 3.25. The van der Waals surface area contributed by atoms with Crippen LogP contribution >= 0.6 is 0 Å². The fourth-order valence-corrected chi connectivity index (χ4v) is 0.792. The first-order chi connectivity index (χ1) is 4.88. The highest BCUT2D eigenvalue weighted by Crippen LogP contribution is 2.26. The largest absolute Gasteiger partial charge is 0.414 e. The summed E-state index contributed by atoms with van der Waals surface area (Å²) in [4.78, 5) is 0. The minimum Gasteiger partial charge on any atom is -0.372 e. The second-order valence-electron chi connectivity index (χ2n) is 2.90. The average Bonchev–Trinajstić information content (AvgIpc) is 1.79. The Kier molecular flexibility index (Phi) is 6.43. The SMILES string of the molecule is C.COC(CC(C)C)C(F)(F)F. The Labute approximate surface area is 71.9 Å². The van der Waals surface area contributed by atoms with Crippen molar-refractivity contribution in [1.29, 1.82) is 0 Å². The summed E-state index contributed by atoms with van der Waals surface area (Å²) < 4.78 is 40.2. The van der Waals surface area contributed by atoms with Crippen LogP contribution in [-0.4, -0.2) is 19.4 Å². The Morgan fingerprint density at radius 1 is 1.25 bits per heavy atom. The third-order valence-electron chi connectivity index (χ3n) is 1.34. The number of rotatable bonds is 3. The second kappa shape index (κ2) is 5.41. The van der Waals surface area contributed by atoms with Crippen LogP contribution in [0.15, 0.2) is 0 Å². The van der Waals surface area contributed by atoms with Gasteiger partial charge in [0, 0.05) is 7.11 Å². The molecule has 0 saturated heterocycles. The van der Waals surface area contributed by atoms with Gasteiger partial charge in [0.25, 0.3) is 0 Å². The molecule has 0 aromatic carbocycles. The molecule has 0 radical (unpaired) electrons. The molecular formula is C8H17F3O. The van der Waals surface area contributed by atoms with Gasteiger partial charge in [0.15, 0.2) is 6.10 Å². The van der Waals surface area contributed by atoms with Crippen molar-refractivity contribution in [3.8, 4) is 0 Å². The Hall–Kier alpha value is -0.250. The highest BCUT2D eigenvalue weighted by molar-refractivity contribution is 4.68. The molecule has 0 N–H and O–H groups in total. The average molecular weight is 186 g/mol. The Morgan fingerprint density at radius 3 is 1.75 bits per heavy atom. The zero-order chi connectivity index (χ0) is 9.07. The Balaban J connectivity index is 0. The van der Waals surface area contributed by atoms with Gasteiger partial charge in [-0.25, -0.2) is 0 Å². The highest BCUT2D eigenvalue weighted by Gasteiger charge is 2.39.